The lowest BCUT2D eigenvalue weighted by Crippen LogP contribution is -2.45. The Balaban J connectivity index is 0.00000242. The van der Waals surface area contributed by atoms with E-state index in [-0.39, 0.29) is 24.9 Å². The Morgan fingerprint density at radius 2 is 1.86 bits per heavy atom. The second-order valence-electron chi connectivity index (χ2n) is 5.12. The Morgan fingerprint density at radius 1 is 1.23 bits per heavy atom. The maximum absolute atomic E-state index is 13.2. The van der Waals surface area contributed by atoms with Crippen LogP contribution in [0.15, 0.2) is 22.7 Å². The lowest BCUT2D eigenvalue weighted by molar-refractivity contribution is -0.138. The zero-order valence-corrected chi connectivity index (χ0v) is 14.2. The molecule has 1 aliphatic rings. The Bertz CT molecular complexity index is 478. The van der Waals surface area contributed by atoms with Crippen molar-refractivity contribution in [3.63, 3.8) is 0 Å². The molecular formula is C14H18BrClF4N2. The molecule has 0 unspecified atom stereocenters. The number of alkyl halides is 3. The normalized spacial score (nSPS) is 17.9. The number of piperazine rings is 1. The topological polar surface area (TPSA) is 15.3 Å². The molecule has 1 N–H and O–H groups in total. The van der Waals surface area contributed by atoms with Gasteiger partial charge in [-0.1, -0.05) is 22.0 Å². The van der Waals surface area contributed by atoms with Crippen LogP contribution in [0.3, 0.4) is 0 Å². The number of halogens is 6. The Labute approximate surface area is 141 Å². The summed E-state index contributed by atoms with van der Waals surface area (Å²) in [4.78, 5) is 2.03. The maximum Gasteiger partial charge on any atom is 0.389 e. The molecule has 1 fully saturated rings. The van der Waals surface area contributed by atoms with E-state index < -0.39 is 18.4 Å². The third kappa shape index (κ3) is 5.68. The maximum atomic E-state index is 13.2. The molecule has 0 bridgehead atoms. The monoisotopic (exact) mass is 404 g/mol. The van der Waals surface area contributed by atoms with Gasteiger partial charge in [0.05, 0.1) is 0 Å². The van der Waals surface area contributed by atoms with Crippen LogP contribution in [0.2, 0.25) is 0 Å². The first-order valence-corrected chi connectivity index (χ1v) is 7.62. The van der Waals surface area contributed by atoms with Crippen molar-refractivity contribution in [3.8, 4) is 0 Å². The molecule has 1 saturated heterocycles. The van der Waals surface area contributed by atoms with Crippen LogP contribution >= 0.6 is 28.3 Å². The first-order chi connectivity index (χ1) is 9.87. The average molecular weight is 406 g/mol. The Morgan fingerprint density at radius 3 is 2.41 bits per heavy atom. The summed E-state index contributed by atoms with van der Waals surface area (Å²) < 4.78 is 51.4. The highest BCUT2D eigenvalue weighted by Gasteiger charge is 2.32. The lowest BCUT2D eigenvalue weighted by atomic mass is 9.99. The molecule has 0 spiro atoms. The molecule has 0 saturated carbocycles. The van der Waals surface area contributed by atoms with E-state index in [1.807, 2.05) is 4.90 Å². The fraction of sp³-hybridized carbons (Fsp3) is 0.571. The first-order valence-electron chi connectivity index (χ1n) is 6.83. The van der Waals surface area contributed by atoms with Crippen molar-refractivity contribution in [1.82, 2.24) is 10.2 Å². The molecule has 1 heterocycles. The van der Waals surface area contributed by atoms with Crippen LogP contribution < -0.4 is 5.32 Å². The zero-order valence-electron chi connectivity index (χ0n) is 11.8. The van der Waals surface area contributed by atoms with Gasteiger partial charge in [0.2, 0.25) is 0 Å². The largest absolute Gasteiger partial charge is 0.389 e. The molecular weight excluding hydrogens is 388 g/mol. The van der Waals surface area contributed by atoms with E-state index in [0.717, 1.165) is 13.1 Å². The molecule has 1 aliphatic heterocycles. The lowest BCUT2D eigenvalue weighted by Gasteiger charge is -2.36. The minimum atomic E-state index is -4.18. The van der Waals surface area contributed by atoms with Crippen molar-refractivity contribution in [1.29, 1.82) is 0 Å². The molecule has 22 heavy (non-hydrogen) atoms. The van der Waals surface area contributed by atoms with Gasteiger partial charge in [0.25, 0.3) is 0 Å². The number of hydrogen-bond donors (Lipinski definition) is 1. The van der Waals surface area contributed by atoms with Gasteiger partial charge in [0, 0.05) is 43.1 Å². The second-order valence-corrected chi connectivity index (χ2v) is 5.98. The van der Waals surface area contributed by atoms with Crippen LogP contribution in [0, 0.1) is 5.82 Å². The summed E-state index contributed by atoms with van der Waals surface area (Å²) in [5.74, 6) is -0.402. The number of hydrogen-bond acceptors (Lipinski definition) is 2. The van der Waals surface area contributed by atoms with Crippen molar-refractivity contribution >= 4 is 28.3 Å². The summed E-state index contributed by atoms with van der Waals surface area (Å²) in [6.07, 6.45) is -5.04. The third-order valence-corrected chi connectivity index (χ3v) is 4.30. The molecule has 1 aromatic carbocycles. The van der Waals surface area contributed by atoms with Crippen LogP contribution in [-0.4, -0.2) is 37.3 Å². The van der Waals surface area contributed by atoms with Gasteiger partial charge in [0.1, 0.15) is 5.82 Å². The van der Waals surface area contributed by atoms with Gasteiger partial charge in [-0.25, -0.2) is 4.39 Å². The molecule has 2 rings (SSSR count). The van der Waals surface area contributed by atoms with Gasteiger partial charge in [-0.05, 0) is 24.1 Å². The minimum Gasteiger partial charge on any atom is -0.314 e. The first kappa shape index (κ1) is 19.7. The van der Waals surface area contributed by atoms with Crippen molar-refractivity contribution in [2.75, 3.05) is 26.2 Å². The predicted octanol–water partition coefficient (Wildman–Crippen LogP) is 4.30. The summed E-state index contributed by atoms with van der Waals surface area (Å²) in [5.41, 5.74) is 0.711. The number of rotatable bonds is 4. The van der Waals surface area contributed by atoms with E-state index in [4.69, 9.17) is 0 Å². The molecule has 2 nitrogen and oxygen atoms in total. The van der Waals surface area contributed by atoms with Crippen molar-refractivity contribution in [2.24, 2.45) is 0 Å². The van der Waals surface area contributed by atoms with Crippen LogP contribution in [0.5, 0.6) is 0 Å². The predicted molar refractivity (Wildman–Crippen MR) is 83.8 cm³/mol. The van der Waals surface area contributed by atoms with Gasteiger partial charge >= 0.3 is 6.18 Å². The number of benzene rings is 1. The molecule has 1 atom stereocenters. The van der Waals surface area contributed by atoms with Crippen molar-refractivity contribution < 1.29 is 17.6 Å². The summed E-state index contributed by atoms with van der Waals surface area (Å²) in [6.45, 7) is 2.88. The van der Waals surface area contributed by atoms with E-state index in [2.05, 4.69) is 21.2 Å². The summed E-state index contributed by atoms with van der Waals surface area (Å²) in [5, 5.41) is 3.18. The molecule has 126 valence electrons. The average Bonchev–Trinajstić information content (AvgIpc) is 2.41. The van der Waals surface area contributed by atoms with Crippen LogP contribution in [0.4, 0.5) is 17.6 Å². The number of nitrogens with zero attached hydrogens (tertiary/aromatic N) is 1. The SMILES string of the molecule is Cl.Fc1ccc([C@@H](CCC(F)(F)F)N2CCNCC2)c(Br)c1. The molecule has 0 amide bonds. The van der Waals surface area contributed by atoms with Crippen LogP contribution in [-0.2, 0) is 0 Å². The smallest absolute Gasteiger partial charge is 0.314 e. The van der Waals surface area contributed by atoms with E-state index in [1.165, 1.54) is 12.1 Å². The van der Waals surface area contributed by atoms with Gasteiger partial charge in [0.15, 0.2) is 0 Å². The molecule has 0 aromatic heterocycles. The van der Waals surface area contributed by atoms with Gasteiger partial charge < -0.3 is 5.32 Å². The molecule has 0 radical (unpaired) electrons. The van der Waals surface area contributed by atoms with Gasteiger partial charge in [-0.2, -0.15) is 13.2 Å². The number of nitrogens with one attached hydrogen (secondary N) is 1. The molecule has 0 aliphatic carbocycles. The summed E-state index contributed by atoms with van der Waals surface area (Å²) in [6, 6.07) is 3.81. The molecule has 1 aromatic rings. The third-order valence-electron chi connectivity index (χ3n) is 3.62. The summed E-state index contributed by atoms with van der Waals surface area (Å²) >= 11 is 3.27. The van der Waals surface area contributed by atoms with Crippen LogP contribution in [0.25, 0.3) is 0 Å². The van der Waals surface area contributed by atoms with Crippen LogP contribution in [0.1, 0.15) is 24.4 Å². The Hall–Kier alpha value is -0.370. The van der Waals surface area contributed by atoms with E-state index in [9.17, 15) is 17.6 Å². The van der Waals surface area contributed by atoms with E-state index >= 15 is 0 Å². The minimum absolute atomic E-state index is 0. The van der Waals surface area contributed by atoms with E-state index in [0.29, 0.717) is 23.1 Å². The second kappa shape index (κ2) is 8.47. The fourth-order valence-corrected chi connectivity index (χ4v) is 3.22. The fourth-order valence-electron chi connectivity index (χ4n) is 2.60. The zero-order chi connectivity index (χ0) is 15.5. The van der Waals surface area contributed by atoms with Crippen molar-refractivity contribution in [3.05, 3.63) is 34.1 Å². The Kier molecular flexibility index (Phi) is 7.58. The summed E-state index contributed by atoms with van der Waals surface area (Å²) in [7, 11) is 0. The highest BCUT2D eigenvalue weighted by atomic mass is 79.9. The highest BCUT2D eigenvalue weighted by molar-refractivity contribution is 9.10. The standard InChI is InChI=1S/C14H17BrF4N2.ClH/c15-12-9-10(16)1-2-11(12)13(3-4-14(17,18)19)21-7-5-20-6-8-21;/h1-2,9,13,20H,3-8H2;1H/t13-;/m1./s1. The highest BCUT2D eigenvalue weighted by Crippen LogP contribution is 2.35. The van der Waals surface area contributed by atoms with E-state index in [1.54, 1.807) is 6.07 Å². The van der Waals surface area contributed by atoms with Gasteiger partial charge in [-0.3, -0.25) is 4.90 Å². The van der Waals surface area contributed by atoms with Gasteiger partial charge in [-0.15, -0.1) is 12.4 Å². The van der Waals surface area contributed by atoms with Crippen molar-refractivity contribution in [2.45, 2.75) is 25.1 Å². The molecule has 8 heteroatoms. The quantitative estimate of drug-likeness (QED) is 0.752.